The highest BCUT2D eigenvalue weighted by molar-refractivity contribution is 8.00. The number of carbonyl (C=O) groups excluding carboxylic acids is 1. The molecule has 27 heavy (non-hydrogen) atoms. The van der Waals surface area contributed by atoms with Crippen LogP contribution in [-0.4, -0.2) is 31.4 Å². The number of nitrogens with zero attached hydrogens (tertiary/aromatic N) is 1. The first-order valence-corrected chi connectivity index (χ1v) is 9.50. The largest absolute Gasteiger partial charge is 0.388 e. The van der Waals surface area contributed by atoms with Gasteiger partial charge in [0.15, 0.2) is 0 Å². The Labute approximate surface area is 163 Å². The standard InChI is InChI=1S/C19H26N6OS/c1-23-14-7-9-15(10-8-14)25-27-16-5-2-4-13(12-16)18(22)24-19(26)17(21)6-3-11-20/h2,4-5,7-10,12,17,23,25H,3,6,11,20-21H2,1H3,(H2,22,24,26). The maximum atomic E-state index is 12.0. The van der Waals surface area contributed by atoms with E-state index in [2.05, 4.69) is 15.0 Å². The molecule has 0 aliphatic heterocycles. The van der Waals surface area contributed by atoms with Crippen molar-refractivity contribution < 1.29 is 4.79 Å². The van der Waals surface area contributed by atoms with Crippen LogP contribution in [0.2, 0.25) is 0 Å². The molecule has 2 aromatic carbocycles. The van der Waals surface area contributed by atoms with Crippen LogP contribution < -0.4 is 27.2 Å². The van der Waals surface area contributed by atoms with E-state index in [1.807, 2.05) is 55.6 Å². The molecule has 0 aromatic heterocycles. The highest BCUT2D eigenvalue weighted by Gasteiger charge is 2.13. The fourth-order valence-corrected chi connectivity index (χ4v) is 2.97. The minimum atomic E-state index is -0.674. The molecular weight excluding hydrogens is 360 g/mol. The number of amides is 1. The molecule has 0 spiro atoms. The third-order valence-electron chi connectivity index (χ3n) is 3.86. The number of carbonyl (C=O) groups is 1. The molecular formula is C19H26N6OS. The highest BCUT2D eigenvalue weighted by atomic mass is 32.2. The van der Waals surface area contributed by atoms with E-state index in [1.54, 1.807) is 0 Å². The fourth-order valence-electron chi connectivity index (χ4n) is 2.27. The summed E-state index contributed by atoms with van der Waals surface area (Å²) in [5.74, 6) is -0.272. The monoisotopic (exact) mass is 386 g/mol. The Hall–Kier alpha value is -2.55. The lowest BCUT2D eigenvalue weighted by Crippen LogP contribution is -2.31. The molecule has 0 saturated heterocycles. The summed E-state index contributed by atoms with van der Waals surface area (Å²) in [6, 6.07) is 14.8. The lowest BCUT2D eigenvalue weighted by Gasteiger charge is -2.09. The van der Waals surface area contributed by atoms with Crippen molar-refractivity contribution in [2.75, 3.05) is 23.6 Å². The van der Waals surface area contributed by atoms with Gasteiger partial charge in [-0.05, 0) is 67.7 Å². The van der Waals surface area contributed by atoms with E-state index >= 15 is 0 Å². The molecule has 0 radical (unpaired) electrons. The topological polar surface area (TPSA) is 132 Å². The van der Waals surface area contributed by atoms with Gasteiger partial charge in [0.25, 0.3) is 5.91 Å². The van der Waals surface area contributed by atoms with Gasteiger partial charge in [-0.15, -0.1) is 0 Å². The van der Waals surface area contributed by atoms with Gasteiger partial charge in [-0.3, -0.25) is 4.79 Å². The SMILES string of the molecule is CNc1ccc(NSc2cccc(C(N)=NC(=O)C(N)CCCN)c2)cc1. The predicted octanol–water partition coefficient (Wildman–Crippen LogP) is 2.15. The molecule has 2 aromatic rings. The van der Waals surface area contributed by atoms with Crippen LogP contribution in [0.4, 0.5) is 11.4 Å². The van der Waals surface area contributed by atoms with E-state index < -0.39 is 11.9 Å². The average molecular weight is 387 g/mol. The molecule has 1 amide bonds. The molecule has 0 fully saturated rings. The second kappa shape index (κ2) is 10.6. The Kier molecular flexibility index (Phi) is 8.12. The first-order chi connectivity index (χ1) is 13.0. The number of anilines is 2. The Morgan fingerprint density at radius 3 is 2.56 bits per heavy atom. The van der Waals surface area contributed by atoms with Crippen LogP contribution in [0.5, 0.6) is 0 Å². The number of nitrogens with two attached hydrogens (primary N) is 3. The van der Waals surface area contributed by atoms with Gasteiger partial charge in [0, 0.05) is 28.9 Å². The molecule has 0 heterocycles. The summed E-state index contributed by atoms with van der Waals surface area (Å²) in [5, 5.41) is 3.08. The molecule has 0 saturated carbocycles. The summed E-state index contributed by atoms with van der Waals surface area (Å²) in [7, 11) is 1.88. The zero-order valence-corrected chi connectivity index (χ0v) is 16.1. The van der Waals surface area contributed by atoms with Crippen LogP contribution in [-0.2, 0) is 4.79 Å². The third-order valence-corrected chi connectivity index (χ3v) is 4.68. The minimum absolute atomic E-state index is 0.157. The van der Waals surface area contributed by atoms with Gasteiger partial charge in [-0.2, -0.15) is 4.99 Å². The first kappa shape index (κ1) is 20.8. The van der Waals surface area contributed by atoms with Crippen molar-refractivity contribution in [1.29, 1.82) is 0 Å². The summed E-state index contributed by atoms with van der Waals surface area (Å²) < 4.78 is 3.27. The van der Waals surface area contributed by atoms with Crippen LogP contribution >= 0.6 is 11.9 Å². The van der Waals surface area contributed by atoms with Gasteiger partial charge in [0.1, 0.15) is 5.84 Å². The van der Waals surface area contributed by atoms with Gasteiger partial charge >= 0.3 is 0 Å². The second-order valence-corrected chi connectivity index (χ2v) is 6.81. The lowest BCUT2D eigenvalue weighted by atomic mass is 10.1. The van der Waals surface area contributed by atoms with Crippen LogP contribution in [0.25, 0.3) is 0 Å². The van der Waals surface area contributed by atoms with Gasteiger partial charge in [-0.1, -0.05) is 12.1 Å². The summed E-state index contributed by atoms with van der Waals surface area (Å²) in [6.07, 6.45) is 1.17. The molecule has 7 nitrogen and oxygen atoms in total. The van der Waals surface area contributed by atoms with E-state index in [9.17, 15) is 4.79 Å². The normalized spacial score (nSPS) is 12.5. The number of aliphatic imine (C=N–C) groups is 1. The van der Waals surface area contributed by atoms with Crippen molar-refractivity contribution in [2.24, 2.45) is 22.2 Å². The maximum absolute atomic E-state index is 12.0. The predicted molar refractivity (Wildman–Crippen MR) is 114 cm³/mol. The van der Waals surface area contributed by atoms with Gasteiger partial charge in [0.05, 0.1) is 6.04 Å². The average Bonchev–Trinajstić information content (AvgIpc) is 2.70. The van der Waals surface area contributed by atoms with E-state index in [4.69, 9.17) is 17.2 Å². The maximum Gasteiger partial charge on any atom is 0.264 e. The molecule has 0 aliphatic carbocycles. The molecule has 1 atom stereocenters. The van der Waals surface area contributed by atoms with Crippen molar-refractivity contribution in [3.05, 3.63) is 54.1 Å². The smallest absolute Gasteiger partial charge is 0.264 e. The molecule has 1 unspecified atom stereocenters. The van der Waals surface area contributed by atoms with Crippen molar-refractivity contribution >= 4 is 35.1 Å². The fraction of sp³-hybridized carbons (Fsp3) is 0.263. The van der Waals surface area contributed by atoms with Crippen molar-refractivity contribution in [3.63, 3.8) is 0 Å². The zero-order chi connectivity index (χ0) is 19.6. The molecule has 8 heteroatoms. The minimum Gasteiger partial charge on any atom is -0.388 e. The van der Waals surface area contributed by atoms with Gasteiger partial charge in [0.2, 0.25) is 0 Å². The number of benzene rings is 2. The second-order valence-electron chi connectivity index (χ2n) is 5.93. The van der Waals surface area contributed by atoms with Gasteiger partial charge < -0.3 is 27.2 Å². The Morgan fingerprint density at radius 2 is 1.89 bits per heavy atom. The summed E-state index contributed by atoms with van der Waals surface area (Å²) in [5.41, 5.74) is 19.9. The van der Waals surface area contributed by atoms with Crippen LogP contribution in [0.3, 0.4) is 0 Å². The molecule has 2 rings (SSSR count). The molecule has 0 bridgehead atoms. The van der Waals surface area contributed by atoms with Crippen LogP contribution in [0.15, 0.2) is 58.4 Å². The highest BCUT2D eigenvalue weighted by Crippen LogP contribution is 2.23. The summed E-state index contributed by atoms with van der Waals surface area (Å²) in [6.45, 7) is 0.490. The Morgan fingerprint density at radius 1 is 1.19 bits per heavy atom. The molecule has 0 aliphatic rings. The van der Waals surface area contributed by atoms with Crippen LogP contribution in [0.1, 0.15) is 18.4 Å². The van der Waals surface area contributed by atoms with Gasteiger partial charge in [-0.25, -0.2) is 0 Å². The van der Waals surface area contributed by atoms with Crippen LogP contribution in [0, 0.1) is 0 Å². The zero-order valence-electron chi connectivity index (χ0n) is 15.3. The van der Waals surface area contributed by atoms with E-state index in [0.717, 1.165) is 16.3 Å². The van der Waals surface area contributed by atoms with Crippen molar-refractivity contribution in [1.82, 2.24) is 0 Å². The van der Waals surface area contributed by atoms with E-state index in [1.165, 1.54) is 11.9 Å². The number of rotatable bonds is 9. The molecule has 8 N–H and O–H groups in total. The van der Waals surface area contributed by atoms with E-state index in [0.29, 0.717) is 24.9 Å². The Bertz CT molecular complexity index is 778. The molecule has 144 valence electrons. The van der Waals surface area contributed by atoms with Crippen molar-refractivity contribution in [2.45, 2.75) is 23.8 Å². The number of nitrogens with one attached hydrogen (secondary N) is 2. The number of amidine groups is 1. The van der Waals surface area contributed by atoms with Crippen molar-refractivity contribution in [3.8, 4) is 0 Å². The first-order valence-electron chi connectivity index (χ1n) is 8.68. The lowest BCUT2D eigenvalue weighted by molar-refractivity contribution is -0.119. The summed E-state index contributed by atoms with van der Waals surface area (Å²) in [4.78, 5) is 16.9. The van der Waals surface area contributed by atoms with E-state index in [-0.39, 0.29) is 5.84 Å². The Balaban J connectivity index is 2.00. The summed E-state index contributed by atoms with van der Waals surface area (Å²) >= 11 is 1.45. The number of hydrogen-bond acceptors (Lipinski definition) is 6. The number of hydrogen-bond donors (Lipinski definition) is 5. The third kappa shape index (κ3) is 6.59. The quantitative estimate of drug-likeness (QED) is 0.253.